The molecule has 1 aromatic rings. The van der Waals surface area contributed by atoms with Gasteiger partial charge >= 0.3 is 0 Å². The SMILES string of the molecule is CCCCCCCCCN(C)C(C)OCCOc1ccccc1. The topological polar surface area (TPSA) is 21.7 Å². The van der Waals surface area contributed by atoms with E-state index in [-0.39, 0.29) is 6.23 Å². The molecule has 0 aliphatic carbocycles. The monoisotopic (exact) mass is 321 g/mol. The fourth-order valence-electron chi connectivity index (χ4n) is 2.52. The molecule has 23 heavy (non-hydrogen) atoms. The van der Waals surface area contributed by atoms with Gasteiger partial charge in [-0.2, -0.15) is 0 Å². The van der Waals surface area contributed by atoms with E-state index in [0.717, 1.165) is 12.3 Å². The van der Waals surface area contributed by atoms with Crippen molar-refractivity contribution >= 4 is 0 Å². The molecule has 3 heteroatoms. The summed E-state index contributed by atoms with van der Waals surface area (Å²) in [6.45, 7) is 6.70. The van der Waals surface area contributed by atoms with Gasteiger partial charge in [-0.25, -0.2) is 0 Å². The van der Waals surface area contributed by atoms with E-state index in [4.69, 9.17) is 9.47 Å². The van der Waals surface area contributed by atoms with Crippen LogP contribution in [0.25, 0.3) is 0 Å². The zero-order valence-electron chi connectivity index (χ0n) is 15.3. The minimum Gasteiger partial charge on any atom is -0.491 e. The molecule has 1 atom stereocenters. The summed E-state index contributed by atoms with van der Waals surface area (Å²) in [6, 6.07) is 9.89. The maximum Gasteiger partial charge on any atom is 0.119 e. The zero-order chi connectivity index (χ0) is 16.8. The van der Waals surface area contributed by atoms with E-state index in [1.807, 2.05) is 30.3 Å². The Balaban J connectivity index is 1.97. The van der Waals surface area contributed by atoms with E-state index < -0.39 is 0 Å². The molecule has 0 amide bonds. The van der Waals surface area contributed by atoms with Crippen LogP contribution >= 0.6 is 0 Å². The van der Waals surface area contributed by atoms with Crippen LogP contribution in [0.5, 0.6) is 5.75 Å². The van der Waals surface area contributed by atoms with E-state index in [2.05, 4.69) is 25.8 Å². The lowest BCUT2D eigenvalue weighted by molar-refractivity contribution is -0.0443. The van der Waals surface area contributed by atoms with Crippen molar-refractivity contribution in [2.75, 3.05) is 26.8 Å². The zero-order valence-corrected chi connectivity index (χ0v) is 15.3. The molecule has 0 heterocycles. The maximum absolute atomic E-state index is 5.84. The first kappa shape index (κ1) is 20.0. The Morgan fingerprint density at radius 1 is 0.913 bits per heavy atom. The second kappa shape index (κ2) is 13.4. The number of ether oxygens (including phenoxy) is 2. The molecule has 0 aliphatic heterocycles. The molecule has 0 spiro atoms. The lowest BCUT2D eigenvalue weighted by Gasteiger charge is -2.24. The molecule has 0 fully saturated rings. The molecule has 0 aromatic heterocycles. The summed E-state index contributed by atoms with van der Waals surface area (Å²) in [5.74, 6) is 0.903. The van der Waals surface area contributed by atoms with Gasteiger partial charge in [0.2, 0.25) is 0 Å². The van der Waals surface area contributed by atoms with Crippen LogP contribution in [0.15, 0.2) is 30.3 Å². The number of benzene rings is 1. The molecule has 0 N–H and O–H groups in total. The molecule has 1 aromatic carbocycles. The number of hydrogen-bond donors (Lipinski definition) is 0. The molecule has 1 unspecified atom stereocenters. The molecule has 0 bridgehead atoms. The summed E-state index contributed by atoms with van der Waals surface area (Å²) in [7, 11) is 2.14. The summed E-state index contributed by atoms with van der Waals surface area (Å²) in [4.78, 5) is 2.29. The average molecular weight is 322 g/mol. The maximum atomic E-state index is 5.84. The molecule has 3 nitrogen and oxygen atoms in total. The predicted octanol–water partition coefficient (Wildman–Crippen LogP) is 5.11. The molecule has 0 saturated heterocycles. The fraction of sp³-hybridized carbons (Fsp3) is 0.700. The number of para-hydroxylation sites is 1. The predicted molar refractivity (Wildman–Crippen MR) is 98.0 cm³/mol. The highest BCUT2D eigenvalue weighted by Gasteiger charge is 2.08. The third-order valence-corrected chi connectivity index (χ3v) is 4.19. The van der Waals surface area contributed by atoms with Crippen LogP contribution in [-0.2, 0) is 4.74 Å². The van der Waals surface area contributed by atoms with Crippen LogP contribution in [0, 0.1) is 0 Å². The molecule has 0 radical (unpaired) electrons. The van der Waals surface area contributed by atoms with Gasteiger partial charge in [0.25, 0.3) is 0 Å². The van der Waals surface area contributed by atoms with Gasteiger partial charge in [-0.3, -0.25) is 4.90 Å². The molecular formula is C20H35NO2. The number of rotatable bonds is 14. The van der Waals surface area contributed by atoms with Crippen LogP contribution in [-0.4, -0.2) is 37.9 Å². The first-order chi connectivity index (χ1) is 11.2. The van der Waals surface area contributed by atoms with E-state index in [1.54, 1.807) is 0 Å². The minimum absolute atomic E-state index is 0.148. The lowest BCUT2D eigenvalue weighted by atomic mass is 10.1. The van der Waals surface area contributed by atoms with E-state index in [1.165, 1.54) is 44.9 Å². The van der Waals surface area contributed by atoms with Gasteiger partial charge < -0.3 is 9.47 Å². The van der Waals surface area contributed by atoms with Crippen molar-refractivity contribution in [2.45, 2.75) is 65.0 Å². The number of hydrogen-bond acceptors (Lipinski definition) is 3. The highest BCUT2D eigenvalue weighted by atomic mass is 16.5. The van der Waals surface area contributed by atoms with E-state index in [0.29, 0.717) is 13.2 Å². The highest BCUT2D eigenvalue weighted by Crippen LogP contribution is 2.09. The van der Waals surface area contributed by atoms with E-state index in [9.17, 15) is 0 Å². The third-order valence-electron chi connectivity index (χ3n) is 4.19. The quantitative estimate of drug-likeness (QED) is 0.351. The summed E-state index contributed by atoms with van der Waals surface area (Å²) in [5.41, 5.74) is 0. The van der Waals surface area contributed by atoms with E-state index >= 15 is 0 Å². The summed E-state index contributed by atoms with van der Waals surface area (Å²) >= 11 is 0. The average Bonchev–Trinajstić information content (AvgIpc) is 2.58. The Bertz CT molecular complexity index is 369. The summed E-state index contributed by atoms with van der Waals surface area (Å²) in [5, 5.41) is 0. The normalized spacial score (nSPS) is 12.5. The Hall–Kier alpha value is -1.06. The van der Waals surface area contributed by atoms with Crippen molar-refractivity contribution in [3.05, 3.63) is 30.3 Å². The molecule has 0 saturated carbocycles. The van der Waals surface area contributed by atoms with Gasteiger partial charge in [0.15, 0.2) is 0 Å². The fourth-order valence-corrected chi connectivity index (χ4v) is 2.52. The van der Waals surface area contributed by atoms with Crippen LogP contribution in [0.3, 0.4) is 0 Å². The second-order valence-electron chi connectivity index (χ2n) is 6.23. The van der Waals surface area contributed by atoms with Crippen LogP contribution in [0.4, 0.5) is 0 Å². The molecule has 0 aliphatic rings. The highest BCUT2D eigenvalue weighted by molar-refractivity contribution is 5.20. The Morgan fingerprint density at radius 2 is 1.57 bits per heavy atom. The van der Waals surface area contributed by atoms with Gasteiger partial charge in [-0.1, -0.05) is 63.6 Å². The molecule has 132 valence electrons. The first-order valence-electron chi connectivity index (χ1n) is 9.23. The van der Waals surface area contributed by atoms with Gasteiger partial charge in [-0.15, -0.1) is 0 Å². The van der Waals surface area contributed by atoms with Gasteiger partial charge in [0.1, 0.15) is 18.6 Å². The van der Waals surface area contributed by atoms with Crippen molar-refractivity contribution in [3.63, 3.8) is 0 Å². The van der Waals surface area contributed by atoms with Crippen molar-refractivity contribution in [2.24, 2.45) is 0 Å². The number of nitrogens with zero attached hydrogens (tertiary/aromatic N) is 1. The van der Waals surface area contributed by atoms with Crippen LogP contribution in [0.1, 0.15) is 58.8 Å². The largest absolute Gasteiger partial charge is 0.491 e. The van der Waals surface area contributed by atoms with Crippen molar-refractivity contribution in [3.8, 4) is 5.75 Å². The van der Waals surface area contributed by atoms with Gasteiger partial charge in [-0.05, 0) is 32.5 Å². The molecular weight excluding hydrogens is 286 g/mol. The third kappa shape index (κ3) is 10.4. The van der Waals surface area contributed by atoms with Crippen molar-refractivity contribution < 1.29 is 9.47 Å². The van der Waals surface area contributed by atoms with Crippen molar-refractivity contribution in [1.29, 1.82) is 0 Å². The Labute approximate surface area is 143 Å². The lowest BCUT2D eigenvalue weighted by Crippen LogP contribution is -2.33. The minimum atomic E-state index is 0.148. The summed E-state index contributed by atoms with van der Waals surface area (Å²) < 4.78 is 11.5. The smallest absolute Gasteiger partial charge is 0.119 e. The standard InChI is InChI=1S/C20H35NO2/c1-4-5-6-7-8-9-13-16-21(3)19(2)22-17-18-23-20-14-11-10-12-15-20/h10-12,14-15,19H,4-9,13,16-18H2,1-3H3. The van der Waals surface area contributed by atoms with Crippen LogP contribution in [0.2, 0.25) is 0 Å². The second-order valence-corrected chi connectivity index (χ2v) is 6.23. The van der Waals surface area contributed by atoms with Crippen LogP contribution < -0.4 is 4.74 Å². The van der Waals surface area contributed by atoms with Crippen molar-refractivity contribution in [1.82, 2.24) is 4.90 Å². The van der Waals surface area contributed by atoms with Gasteiger partial charge in [0.05, 0.1) is 6.61 Å². The molecule has 1 rings (SSSR count). The first-order valence-corrected chi connectivity index (χ1v) is 9.23. The summed E-state index contributed by atoms with van der Waals surface area (Å²) in [6.07, 6.45) is 9.60. The number of unbranched alkanes of at least 4 members (excludes halogenated alkanes) is 6. The Kier molecular flexibility index (Phi) is 11.6. The Morgan fingerprint density at radius 3 is 2.26 bits per heavy atom. The van der Waals surface area contributed by atoms with Gasteiger partial charge in [0, 0.05) is 6.54 Å².